The van der Waals surface area contributed by atoms with Gasteiger partial charge in [0.2, 0.25) is 0 Å². The number of para-hydroxylation sites is 1. The predicted octanol–water partition coefficient (Wildman–Crippen LogP) is 5.46. The molecule has 1 heterocycles. The lowest BCUT2D eigenvalue weighted by atomic mass is 9.76. The molecule has 0 saturated carbocycles. The van der Waals surface area contributed by atoms with Crippen LogP contribution in [0, 0.1) is 22.0 Å². The van der Waals surface area contributed by atoms with Gasteiger partial charge in [0, 0.05) is 17.7 Å². The number of nitro benzene ring substituents is 1. The summed E-state index contributed by atoms with van der Waals surface area (Å²) in [5.41, 5.74) is 3.18. The van der Waals surface area contributed by atoms with Gasteiger partial charge in [0.1, 0.15) is 5.75 Å². The van der Waals surface area contributed by atoms with Crippen LogP contribution < -0.4 is 10.1 Å². The van der Waals surface area contributed by atoms with Crippen LogP contribution in [0.15, 0.2) is 54.6 Å². The molecule has 3 atom stereocenters. The third-order valence-corrected chi connectivity index (χ3v) is 5.39. The highest BCUT2D eigenvalue weighted by atomic mass is 16.6. The summed E-state index contributed by atoms with van der Waals surface area (Å²) in [6.07, 6.45) is 5.33. The van der Waals surface area contributed by atoms with Crippen molar-refractivity contribution in [1.82, 2.24) is 0 Å². The van der Waals surface area contributed by atoms with Gasteiger partial charge in [-0.05, 0) is 42.0 Å². The van der Waals surface area contributed by atoms with Crippen molar-refractivity contribution in [1.29, 1.82) is 0 Å². The van der Waals surface area contributed by atoms with E-state index >= 15 is 0 Å². The molecule has 3 unspecified atom stereocenters. The third kappa shape index (κ3) is 3.29. The highest BCUT2D eigenvalue weighted by molar-refractivity contribution is 5.63. The van der Waals surface area contributed by atoms with Crippen molar-refractivity contribution in [2.45, 2.75) is 32.2 Å². The van der Waals surface area contributed by atoms with Crippen molar-refractivity contribution in [2.24, 2.45) is 11.8 Å². The second-order valence-electron chi connectivity index (χ2n) is 7.75. The molecule has 27 heavy (non-hydrogen) atoms. The fraction of sp³-hybridized carbons (Fsp3) is 0.364. The molecule has 5 heteroatoms. The fourth-order valence-electron chi connectivity index (χ4n) is 4.15. The van der Waals surface area contributed by atoms with Crippen molar-refractivity contribution < 1.29 is 9.66 Å². The largest absolute Gasteiger partial charge is 0.493 e. The number of nitrogens with zero attached hydrogens (tertiary/aromatic N) is 1. The van der Waals surface area contributed by atoms with E-state index in [0.29, 0.717) is 12.5 Å². The number of nitro groups is 1. The van der Waals surface area contributed by atoms with Crippen molar-refractivity contribution >= 4 is 11.4 Å². The van der Waals surface area contributed by atoms with Crippen molar-refractivity contribution in [3.05, 3.63) is 75.9 Å². The molecule has 0 saturated heterocycles. The van der Waals surface area contributed by atoms with E-state index < -0.39 is 0 Å². The summed E-state index contributed by atoms with van der Waals surface area (Å²) in [7, 11) is 0. The molecular formula is C22H24N2O3. The first kappa shape index (κ1) is 17.6. The Kier molecular flexibility index (Phi) is 4.60. The van der Waals surface area contributed by atoms with Crippen LogP contribution in [0.1, 0.15) is 43.4 Å². The van der Waals surface area contributed by atoms with Crippen LogP contribution in [-0.4, -0.2) is 11.5 Å². The van der Waals surface area contributed by atoms with Crippen LogP contribution in [0.2, 0.25) is 0 Å². The van der Waals surface area contributed by atoms with Gasteiger partial charge in [-0.15, -0.1) is 0 Å². The van der Waals surface area contributed by atoms with E-state index in [1.54, 1.807) is 12.1 Å². The summed E-state index contributed by atoms with van der Waals surface area (Å²) in [5.74, 6) is 1.86. The summed E-state index contributed by atoms with van der Waals surface area (Å²) in [5, 5.41) is 15.1. The molecule has 2 aliphatic rings. The minimum atomic E-state index is -0.285. The average molecular weight is 364 g/mol. The summed E-state index contributed by atoms with van der Waals surface area (Å²) in [6, 6.07) is 13.1. The summed E-state index contributed by atoms with van der Waals surface area (Å²) in [6.45, 7) is 4.95. The van der Waals surface area contributed by atoms with E-state index in [1.807, 2.05) is 24.3 Å². The lowest BCUT2D eigenvalue weighted by Gasteiger charge is -2.37. The molecule has 1 aliphatic carbocycles. The molecule has 1 aliphatic heterocycles. The standard InChI is InChI=1S/C22H24N2O3/c1-14(2)13-27-15-10-11-20-19(12-15)16-7-5-8-17(16)22(23-20)18-6-3-4-9-21(18)24(25)26/h3-7,9-12,14,16-17,22-23H,8,13H2,1-2H3. The van der Waals surface area contributed by atoms with Gasteiger partial charge in [-0.3, -0.25) is 10.1 Å². The van der Waals surface area contributed by atoms with Crippen LogP contribution >= 0.6 is 0 Å². The van der Waals surface area contributed by atoms with Crippen molar-refractivity contribution in [2.75, 3.05) is 11.9 Å². The predicted molar refractivity (Wildman–Crippen MR) is 106 cm³/mol. The smallest absolute Gasteiger partial charge is 0.274 e. The first-order valence-corrected chi connectivity index (χ1v) is 9.48. The molecule has 2 aromatic rings. The van der Waals surface area contributed by atoms with E-state index in [4.69, 9.17) is 4.74 Å². The summed E-state index contributed by atoms with van der Waals surface area (Å²) >= 11 is 0. The summed E-state index contributed by atoms with van der Waals surface area (Å²) < 4.78 is 5.90. The maximum atomic E-state index is 11.5. The van der Waals surface area contributed by atoms with E-state index in [-0.39, 0.29) is 28.5 Å². The van der Waals surface area contributed by atoms with Crippen molar-refractivity contribution in [3.8, 4) is 5.75 Å². The molecule has 4 rings (SSSR count). The molecule has 0 fully saturated rings. The van der Waals surface area contributed by atoms with Gasteiger partial charge in [0.15, 0.2) is 0 Å². The number of benzene rings is 2. The number of anilines is 1. The van der Waals surface area contributed by atoms with Gasteiger partial charge in [-0.25, -0.2) is 0 Å². The van der Waals surface area contributed by atoms with Crippen LogP contribution in [0.25, 0.3) is 0 Å². The number of nitrogens with one attached hydrogen (secondary N) is 1. The van der Waals surface area contributed by atoms with Crippen LogP contribution in [0.5, 0.6) is 5.75 Å². The molecule has 2 aromatic carbocycles. The Bertz CT molecular complexity index is 891. The molecule has 140 valence electrons. The van der Waals surface area contributed by atoms with Gasteiger partial charge in [-0.2, -0.15) is 0 Å². The number of allylic oxidation sites excluding steroid dienone is 2. The Labute approximate surface area is 159 Å². The molecule has 1 N–H and O–H groups in total. The highest BCUT2D eigenvalue weighted by Crippen LogP contribution is 2.51. The Balaban J connectivity index is 1.70. The fourth-order valence-corrected chi connectivity index (χ4v) is 4.15. The lowest BCUT2D eigenvalue weighted by Crippen LogP contribution is -2.29. The van der Waals surface area contributed by atoms with Gasteiger partial charge in [-0.1, -0.05) is 44.2 Å². The van der Waals surface area contributed by atoms with Crippen LogP contribution in [-0.2, 0) is 0 Å². The molecular weight excluding hydrogens is 340 g/mol. The Morgan fingerprint density at radius 3 is 2.81 bits per heavy atom. The Morgan fingerprint density at radius 2 is 2.04 bits per heavy atom. The Hall–Kier alpha value is -2.82. The van der Waals surface area contributed by atoms with Crippen LogP contribution in [0.4, 0.5) is 11.4 Å². The quantitative estimate of drug-likeness (QED) is 0.435. The van der Waals surface area contributed by atoms with Gasteiger partial charge >= 0.3 is 0 Å². The maximum absolute atomic E-state index is 11.5. The highest BCUT2D eigenvalue weighted by Gasteiger charge is 2.40. The molecule has 0 amide bonds. The maximum Gasteiger partial charge on any atom is 0.274 e. The number of rotatable bonds is 5. The molecule has 0 aromatic heterocycles. The number of hydrogen-bond acceptors (Lipinski definition) is 4. The molecule has 0 radical (unpaired) electrons. The molecule has 0 spiro atoms. The average Bonchev–Trinajstić information content (AvgIpc) is 3.15. The molecule has 5 nitrogen and oxygen atoms in total. The van der Waals surface area contributed by atoms with E-state index in [2.05, 4.69) is 37.4 Å². The zero-order valence-electron chi connectivity index (χ0n) is 15.6. The number of ether oxygens (including phenoxy) is 1. The van der Waals surface area contributed by atoms with Crippen LogP contribution in [0.3, 0.4) is 0 Å². The monoisotopic (exact) mass is 364 g/mol. The number of hydrogen-bond donors (Lipinski definition) is 1. The first-order chi connectivity index (χ1) is 13.0. The minimum absolute atomic E-state index is 0.0819. The zero-order chi connectivity index (χ0) is 19.0. The van der Waals surface area contributed by atoms with Gasteiger partial charge < -0.3 is 10.1 Å². The van der Waals surface area contributed by atoms with E-state index in [9.17, 15) is 10.1 Å². The van der Waals surface area contributed by atoms with Crippen molar-refractivity contribution in [3.63, 3.8) is 0 Å². The first-order valence-electron chi connectivity index (χ1n) is 9.48. The van der Waals surface area contributed by atoms with E-state index in [0.717, 1.165) is 23.4 Å². The van der Waals surface area contributed by atoms with E-state index in [1.165, 1.54) is 5.56 Å². The second-order valence-corrected chi connectivity index (χ2v) is 7.75. The minimum Gasteiger partial charge on any atom is -0.493 e. The van der Waals surface area contributed by atoms with Gasteiger partial charge in [0.25, 0.3) is 5.69 Å². The number of fused-ring (bicyclic) bond motifs is 3. The van der Waals surface area contributed by atoms with Gasteiger partial charge in [0.05, 0.1) is 23.1 Å². The topological polar surface area (TPSA) is 64.4 Å². The Morgan fingerprint density at radius 1 is 1.22 bits per heavy atom. The normalized spacial score (nSPS) is 22.9. The third-order valence-electron chi connectivity index (χ3n) is 5.39. The second kappa shape index (κ2) is 7.06. The zero-order valence-corrected chi connectivity index (χ0v) is 15.6. The lowest BCUT2D eigenvalue weighted by molar-refractivity contribution is -0.385. The SMILES string of the molecule is CC(C)COc1ccc2c(c1)C1C=CCC1C(c1ccccc1[N+](=O)[O-])N2. The summed E-state index contributed by atoms with van der Waals surface area (Å²) in [4.78, 5) is 11.2. The molecule has 0 bridgehead atoms.